The monoisotopic (exact) mass is 341 g/mol. The van der Waals surface area contributed by atoms with Crippen LogP contribution in [0.2, 0.25) is 0 Å². The van der Waals surface area contributed by atoms with Crippen LogP contribution in [0.5, 0.6) is 0 Å². The average molecular weight is 342 g/mol. The van der Waals surface area contributed by atoms with Crippen LogP contribution in [-0.4, -0.2) is 29.0 Å². The van der Waals surface area contributed by atoms with Gasteiger partial charge >= 0.3 is 0 Å². The predicted octanol–water partition coefficient (Wildman–Crippen LogP) is 4.02. The predicted molar refractivity (Wildman–Crippen MR) is 100 cm³/mol. The van der Waals surface area contributed by atoms with E-state index >= 15 is 0 Å². The molecule has 0 amide bonds. The molecule has 3 heterocycles. The first-order chi connectivity index (χ1) is 11.8. The van der Waals surface area contributed by atoms with Gasteiger partial charge in [0.05, 0.1) is 5.69 Å². The molecule has 24 heavy (non-hydrogen) atoms. The van der Waals surface area contributed by atoms with Crippen LogP contribution in [0.1, 0.15) is 48.4 Å². The molecule has 1 aliphatic heterocycles. The zero-order valence-corrected chi connectivity index (χ0v) is 15.3. The Morgan fingerprint density at radius 3 is 3.08 bits per heavy atom. The van der Waals surface area contributed by atoms with Gasteiger partial charge in [-0.2, -0.15) is 0 Å². The number of pyridine rings is 1. The lowest BCUT2D eigenvalue weighted by atomic mass is 9.89. The Bertz CT molecular complexity index is 654. The minimum Gasteiger partial charge on any atom is -0.307 e. The van der Waals surface area contributed by atoms with Gasteiger partial charge in [-0.25, -0.2) is 0 Å². The lowest BCUT2D eigenvalue weighted by molar-refractivity contribution is 0.131. The Morgan fingerprint density at radius 1 is 1.29 bits per heavy atom. The molecule has 3 atom stereocenters. The van der Waals surface area contributed by atoms with Gasteiger partial charge in [-0.05, 0) is 60.7 Å². The summed E-state index contributed by atoms with van der Waals surface area (Å²) in [6, 6.07) is 9.77. The van der Waals surface area contributed by atoms with Gasteiger partial charge in [-0.3, -0.25) is 9.88 Å². The molecule has 2 aromatic rings. The van der Waals surface area contributed by atoms with Crippen molar-refractivity contribution in [3.05, 3.63) is 52.0 Å². The van der Waals surface area contributed by atoms with Crippen molar-refractivity contribution >= 4 is 11.3 Å². The van der Waals surface area contributed by atoms with E-state index in [9.17, 15) is 0 Å². The lowest BCUT2D eigenvalue weighted by Gasteiger charge is -2.39. The molecule has 128 valence electrons. The van der Waals surface area contributed by atoms with Gasteiger partial charge in [0.25, 0.3) is 0 Å². The number of nitrogens with one attached hydrogen (secondary N) is 1. The second-order valence-electron chi connectivity index (χ2n) is 7.34. The number of thiophene rings is 1. The van der Waals surface area contributed by atoms with Crippen molar-refractivity contribution < 1.29 is 0 Å². The standard InChI is InChI=1S/C20H27N3S/c1-15-13-23(14-16-5-2-3-10-21-16)11-8-18(15)22-19-6-4-7-20-17(19)9-12-24-20/h2-3,5,9-10,12,15,18-19,22H,4,6-8,11,13-14H2,1H3/t15-,18+,19-/m1/s1. The zero-order chi connectivity index (χ0) is 16.4. The maximum Gasteiger partial charge on any atom is 0.0543 e. The Kier molecular flexibility index (Phi) is 4.97. The number of piperidine rings is 1. The van der Waals surface area contributed by atoms with Gasteiger partial charge in [0.2, 0.25) is 0 Å². The van der Waals surface area contributed by atoms with Crippen molar-refractivity contribution in [1.82, 2.24) is 15.2 Å². The minimum absolute atomic E-state index is 0.579. The van der Waals surface area contributed by atoms with Gasteiger partial charge in [0, 0.05) is 42.8 Å². The average Bonchev–Trinajstić information content (AvgIpc) is 3.08. The van der Waals surface area contributed by atoms with E-state index in [1.807, 2.05) is 23.6 Å². The van der Waals surface area contributed by atoms with Crippen molar-refractivity contribution in [3.63, 3.8) is 0 Å². The normalized spacial score (nSPS) is 27.8. The van der Waals surface area contributed by atoms with Crippen LogP contribution >= 0.6 is 11.3 Å². The van der Waals surface area contributed by atoms with E-state index in [1.165, 1.54) is 37.9 Å². The zero-order valence-electron chi connectivity index (χ0n) is 14.4. The molecule has 3 nitrogen and oxygen atoms in total. The van der Waals surface area contributed by atoms with Crippen LogP contribution in [0.15, 0.2) is 35.8 Å². The Balaban J connectivity index is 1.34. The number of rotatable bonds is 4. The summed E-state index contributed by atoms with van der Waals surface area (Å²) in [6.45, 7) is 5.72. The SMILES string of the molecule is C[C@@H]1CN(Cc2ccccn2)CC[C@@H]1N[C@@H]1CCCc2sccc21. The number of aromatic nitrogens is 1. The molecule has 0 unspecified atom stereocenters. The molecule has 1 N–H and O–H groups in total. The third-order valence-electron chi connectivity index (χ3n) is 5.57. The number of fused-ring (bicyclic) bond motifs is 1. The first-order valence-electron chi connectivity index (χ1n) is 9.24. The second kappa shape index (κ2) is 7.34. The van der Waals surface area contributed by atoms with Crippen LogP contribution in [0, 0.1) is 5.92 Å². The van der Waals surface area contributed by atoms with Crippen LogP contribution in [-0.2, 0) is 13.0 Å². The third kappa shape index (κ3) is 3.56. The summed E-state index contributed by atoms with van der Waals surface area (Å²) in [5, 5.41) is 6.27. The smallest absolute Gasteiger partial charge is 0.0543 e. The van der Waals surface area contributed by atoms with Gasteiger partial charge in [0.15, 0.2) is 0 Å². The molecule has 4 rings (SSSR count). The number of aryl methyl sites for hydroxylation is 1. The van der Waals surface area contributed by atoms with Crippen LogP contribution in [0.4, 0.5) is 0 Å². The molecular weight excluding hydrogens is 314 g/mol. The molecule has 1 fully saturated rings. The highest BCUT2D eigenvalue weighted by Gasteiger charge is 2.30. The van der Waals surface area contributed by atoms with Crippen molar-refractivity contribution in [2.45, 2.75) is 51.2 Å². The summed E-state index contributed by atoms with van der Waals surface area (Å²) in [7, 11) is 0. The molecule has 2 aromatic heterocycles. The topological polar surface area (TPSA) is 28.2 Å². The van der Waals surface area contributed by atoms with Gasteiger partial charge in [0.1, 0.15) is 0 Å². The Hall–Kier alpha value is -1.23. The molecule has 0 radical (unpaired) electrons. The number of nitrogens with zero attached hydrogens (tertiary/aromatic N) is 2. The Labute approximate surface area is 149 Å². The number of likely N-dealkylation sites (tertiary alicyclic amines) is 1. The van der Waals surface area contributed by atoms with Crippen molar-refractivity contribution in [1.29, 1.82) is 0 Å². The first-order valence-corrected chi connectivity index (χ1v) is 10.1. The highest BCUT2D eigenvalue weighted by molar-refractivity contribution is 7.10. The van der Waals surface area contributed by atoms with E-state index in [4.69, 9.17) is 0 Å². The summed E-state index contributed by atoms with van der Waals surface area (Å²) in [6.07, 6.45) is 7.05. The summed E-state index contributed by atoms with van der Waals surface area (Å²) >= 11 is 1.94. The fourth-order valence-electron chi connectivity index (χ4n) is 4.26. The van der Waals surface area contributed by atoms with E-state index in [0.717, 1.165) is 13.1 Å². The van der Waals surface area contributed by atoms with Crippen molar-refractivity contribution in [2.75, 3.05) is 13.1 Å². The second-order valence-corrected chi connectivity index (χ2v) is 8.34. The van der Waals surface area contributed by atoms with E-state index in [2.05, 4.69) is 45.7 Å². The van der Waals surface area contributed by atoms with Crippen LogP contribution < -0.4 is 5.32 Å². The fraction of sp³-hybridized carbons (Fsp3) is 0.550. The largest absolute Gasteiger partial charge is 0.307 e. The Morgan fingerprint density at radius 2 is 2.25 bits per heavy atom. The van der Waals surface area contributed by atoms with Gasteiger partial charge < -0.3 is 5.32 Å². The maximum atomic E-state index is 4.47. The van der Waals surface area contributed by atoms with Crippen LogP contribution in [0.3, 0.4) is 0 Å². The molecule has 1 saturated heterocycles. The van der Waals surface area contributed by atoms with Crippen molar-refractivity contribution in [3.8, 4) is 0 Å². The van der Waals surface area contributed by atoms with E-state index < -0.39 is 0 Å². The highest BCUT2D eigenvalue weighted by atomic mass is 32.1. The molecule has 0 aromatic carbocycles. The molecule has 1 aliphatic carbocycles. The van der Waals surface area contributed by atoms with E-state index in [1.54, 1.807) is 10.4 Å². The molecular formula is C20H27N3S. The first kappa shape index (κ1) is 16.2. The molecule has 0 spiro atoms. The summed E-state index contributed by atoms with van der Waals surface area (Å²) < 4.78 is 0. The molecule has 0 bridgehead atoms. The number of hydrogen-bond donors (Lipinski definition) is 1. The summed E-state index contributed by atoms with van der Waals surface area (Å²) in [5.41, 5.74) is 2.76. The summed E-state index contributed by atoms with van der Waals surface area (Å²) in [4.78, 5) is 8.64. The van der Waals surface area contributed by atoms with Gasteiger partial charge in [-0.1, -0.05) is 13.0 Å². The molecule has 0 saturated carbocycles. The minimum atomic E-state index is 0.579. The highest BCUT2D eigenvalue weighted by Crippen LogP contribution is 2.34. The molecule has 2 aliphatic rings. The van der Waals surface area contributed by atoms with Gasteiger partial charge in [-0.15, -0.1) is 11.3 Å². The van der Waals surface area contributed by atoms with E-state index in [-0.39, 0.29) is 0 Å². The third-order valence-corrected chi connectivity index (χ3v) is 6.56. The fourth-order valence-corrected chi connectivity index (χ4v) is 5.25. The molecule has 4 heteroatoms. The quantitative estimate of drug-likeness (QED) is 0.910. The lowest BCUT2D eigenvalue weighted by Crippen LogP contribution is -2.49. The van der Waals surface area contributed by atoms with E-state index in [0.29, 0.717) is 18.0 Å². The maximum absolute atomic E-state index is 4.47. The van der Waals surface area contributed by atoms with Crippen LogP contribution in [0.25, 0.3) is 0 Å². The van der Waals surface area contributed by atoms with Crippen molar-refractivity contribution in [2.24, 2.45) is 5.92 Å². The summed E-state index contributed by atoms with van der Waals surface area (Å²) in [5.74, 6) is 0.687. The number of hydrogen-bond acceptors (Lipinski definition) is 4.